The van der Waals surface area contributed by atoms with Crippen LogP contribution in [0.15, 0.2) is 52.4 Å². The van der Waals surface area contributed by atoms with Crippen molar-refractivity contribution in [2.24, 2.45) is 4.99 Å². The van der Waals surface area contributed by atoms with Crippen molar-refractivity contribution in [1.29, 1.82) is 0 Å². The number of nitrogens with zero attached hydrogens (tertiary/aromatic N) is 2. The van der Waals surface area contributed by atoms with Gasteiger partial charge in [-0.3, -0.25) is 4.79 Å². The third kappa shape index (κ3) is 5.00. The Labute approximate surface area is 172 Å². The van der Waals surface area contributed by atoms with Gasteiger partial charge < -0.3 is 4.57 Å². The molecule has 3 rings (SSSR count). The molecular formula is C21H19FN2O3S2. The Hall–Kier alpha value is -2.76. The van der Waals surface area contributed by atoms with E-state index < -0.39 is 21.6 Å². The average molecular weight is 431 g/mol. The first-order valence-corrected chi connectivity index (χ1v) is 11.4. The molecule has 0 N–H and O–H groups in total. The van der Waals surface area contributed by atoms with Gasteiger partial charge in [0, 0.05) is 6.42 Å². The number of carbonyl (C=O) groups is 1. The Morgan fingerprint density at radius 1 is 1.24 bits per heavy atom. The molecule has 29 heavy (non-hydrogen) atoms. The topological polar surface area (TPSA) is 68.5 Å². The van der Waals surface area contributed by atoms with Gasteiger partial charge in [0.15, 0.2) is 14.6 Å². The van der Waals surface area contributed by atoms with Crippen LogP contribution < -0.4 is 4.80 Å². The van der Waals surface area contributed by atoms with Gasteiger partial charge in [0.05, 0.1) is 27.4 Å². The Morgan fingerprint density at radius 3 is 2.66 bits per heavy atom. The van der Waals surface area contributed by atoms with Crippen molar-refractivity contribution in [3.05, 3.63) is 58.6 Å². The standard InChI is InChI=1S/C21H19FN2O3S2/c1-3-12-24-18-11-6-15(2)14-19(18)28-21(24)23-20(25)5-4-13-29(26,27)17-9-7-16(22)8-10-17/h1,6-11,14H,4-5,12-13H2,2H3. The molecule has 1 heterocycles. The van der Waals surface area contributed by atoms with Gasteiger partial charge in [-0.15, -0.1) is 6.42 Å². The van der Waals surface area contributed by atoms with Gasteiger partial charge in [-0.1, -0.05) is 23.3 Å². The van der Waals surface area contributed by atoms with Crippen molar-refractivity contribution in [1.82, 2.24) is 4.57 Å². The highest BCUT2D eigenvalue weighted by Crippen LogP contribution is 2.19. The molecule has 0 aliphatic heterocycles. The molecule has 1 amide bonds. The van der Waals surface area contributed by atoms with E-state index in [4.69, 9.17) is 6.42 Å². The second-order valence-corrected chi connectivity index (χ2v) is 9.65. The van der Waals surface area contributed by atoms with Crippen LogP contribution in [0, 0.1) is 25.1 Å². The van der Waals surface area contributed by atoms with E-state index in [1.54, 1.807) is 4.57 Å². The first-order valence-electron chi connectivity index (χ1n) is 8.89. The van der Waals surface area contributed by atoms with Crippen LogP contribution in [0.2, 0.25) is 0 Å². The molecule has 0 aliphatic carbocycles. The van der Waals surface area contributed by atoms with E-state index in [1.807, 2.05) is 25.1 Å². The number of carbonyl (C=O) groups excluding carboxylic acids is 1. The van der Waals surface area contributed by atoms with E-state index in [1.165, 1.54) is 23.5 Å². The van der Waals surface area contributed by atoms with Crippen LogP contribution in [-0.4, -0.2) is 24.6 Å². The van der Waals surface area contributed by atoms with Crippen molar-refractivity contribution in [2.75, 3.05) is 5.75 Å². The zero-order chi connectivity index (χ0) is 21.0. The van der Waals surface area contributed by atoms with Gasteiger partial charge >= 0.3 is 0 Å². The van der Waals surface area contributed by atoms with E-state index in [9.17, 15) is 17.6 Å². The fraction of sp³-hybridized carbons (Fsp3) is 0.238. The summed E-state index contributed by atoms with van der Waals surface area (Å²) in [5, 5.41) is 0. The lowest BCUT2D eigenvalue weighted by Crippen LogP contribution is -2.16. The summed E-state index contributed by atoms with van der Waals surface area (Å²) >= 11 is 1.37. The fourth-order valence-electron chi connectivity index (χ4n) is 2.85. The second kappa shape index (κ2) is 8.72. The highest BCUT2D eigenvalue weighted by molar-refractivity contribution is 7.91. The molecule has 0 radical (unpaired) electrons. The summed E-state index contributed by atoms with van der Waals surface area (Å²) < 4.78 is 40.3. The van der Waals surface area contributed by atoms with Gasteiger partial charge in [0.1, 0.15) is 5.82 Å². The number of fused-ring (bicyclic) bond motifs is 1. The number of aromatic nitrogens is 1. The minimum absolute atomic E-state index is 0.0102. The Kier molecular flexibility index (Phi) is 6.30. The highest BCUT2D eigenvalue weighted by atomic mass is 32.2. The normalized spacial score (nSPS) is 12.2. The number of thiazole rings is 1. The molecule has 0 unspecified atom stereocenters. The number of hydrogen-bond donors (Lipinski definition) is 0. The number of terminal acetylenes is 1. The molecule has 3 aromatic rings. The minimum Gasteiger partial charge on any atom is -0.305 e. The lowest BCUT2D eigenvalue weighted by atomic mass is 10.2. The summed E-state index contributed by atoms with van der Waals surface area (Å²) in [7, 11) is -3.58. The van der Waals surface area contributed by atoms with Crippen LogP contribution in [0.5, 0.6) is 0 Å². The molecule has 0 spiro atoms. The summed E-state index contributed by atoms with van der Waals surface area (Å²) in [4.78, 5) is 17.0. The van der Waals surface area contributed by atoms with Crippen molar-refractivity contribution in [3.63, 3.8) is 0 Å². The quantitative estimate of drug-likeness (QED) is 0.444. The predicted molar refractivity (Wildman–Crippen MR) is 112 cm³/mol. The number of benzene rings is 2. The molecule has 0 saturated heterocycles. The second-order valence-electron chi connectivity index (χ2n) is 6.53. The summed E-state index contributed by atoms with van der Waals surface area (Å²) in [6.45, 7) is 2.27. The van der Waals surface area contributed by atoms with Gasteiger partial charge in [-0.05, 0) is 55.3 Å². The van der Waals surface area contributed by atoms with Crippen molar-refractivity contribution in [3.8, 4) is 12.3 Å². The summed E-state index contributed by atoms with van der Waals surface area (Å²) in [6.07, 6.45) is 5.57. The number of sulfone groups is 1. The Morgan fingerprint density at radius 2 is 1.97 bits per heavy atom. The van der Waals surface area contributed by atoms with E-state index in [0.29, 0.717) is 4.80 Å². The number of hydrogen-bond acceptors (Lipinski definition) is 4. The van der Waals surface area contributed by atoms with Gasteiger partial charge in [0.2, 0.25) is 5.91 Å². The third-order valence-corrected chi connectivity index (χ3v) is 7.14. The van der Waals surface area contributed by atoms with Crippen LogP contribution in [0.25, 0.3) is 10.2 Å². The molecular weight excluding hydrogens is 411 g/mol. The average Bonchev–Trinajstić information content (AvgIpc) is 2.98. The maximum Gasteiger partial charge on any atom is 0.248 e. The molecule has 8 heteroatoms. The Balaban J connectivity index is 1.75. The van der Waals surface area contributed by atoms with Crippen molar-refractivity contribution in [2.45, 2.75) is 31.2 Å². The van der Waals surface area contributed by atoms with E-state index in [0.717, 1.165) is 27.9 Å². The molecule has 0 fully saturated rings. The van der Waals surface area contributed by atoms with Crippen LogP contribution in [0.4, 0.5) is 4.39 Å². The van der Waals surface area contributed by atoms with Gasteiger partial charge in [0.25, 0.3) is 0 Å². The van der Waals surface area contributed by atoms with Gasteiger partial charge in [-0.2, -0.15) is 4.99 Å². The zero-order valence-corrected chi connectivity index (χ0v) is 17.4. The maximum atomic E-state index is 13.0. The number of aryl methyl sites for hydroxylation is 1. The SMILES string of the molecule is C#CCn1c(=NC(=O)CCCS(=O)(=O)c2ccc(F)cc2)sc2cc(C)ccc21. The molecule has 0 aliphatic rings. The zero-order valence-electron chi connectivity index (χ0n) is 15.8. The summed E-state index contributed by atoms with van der Waals surface area (Å²) in [5.74, 6) is 1.44. The first-order chi connectivity index (χ1) is 13.8. The highest BCUT2D eigenvalue weighted by Gasteiger charge is 2.15. The Bertz CT molecular complexity index is 1260. The van der Waals surface area contributed by atoms with Crippen molar-refractivity contribution >= 4 is 37.3 Å². The van der Waals surface area contributed by atoms with Crippen molar-refractivity contribution < 1.29 is 17.6 Å². The minimum atomic E-state index is -3.58. The largest absolute Gasteiger partial charge is 0.305 e. The smallest absolute Gasteiger partial charge is 0.248 e. The molecule has 5 nitrogen and oxygen atoms in total. The molecule has 0 bridgehead atoms. The number of halogens is 1. The fourth-order valence-corrected chi connectivity index (χ4v) is 5.30. The molecule has 0 atom stereocenters. The maximum absolute atomic E-state index is 13.0. The monoisotopic (exact) mass is 430 g/mol. The van der Waals surface area contributed by atoms with Crippen LogP contribution in [0.3, 0.4) is 0 Å². The molecule has 2 aromatic carbocycles. The van der Waals surface area contributed by atoms with Gasteiger partial charge in [-0.25, -0.2) is 12.8 Å². The van der Waals surface area contributed by atoms with Crippen LogP contribution in [0.1, 0.15) is 18.4 Å². The number of amides is 1. The summed E-state index contributed by atoms with van der Waals surface area (Å²) in [6, 6.07) is 10.6. The molecule has 0 saturated carbocycles. The lowest BCUT2D eigenvalue weighted by Gasteiger charge is -2.03. The first kappa shape index (κ1) is 21.0. The molecule has 1 aromatic heterocycles. The number of rotatable bonds is 6. The predicted octanol–water partition coefficient (Wildman–Crippen LogP) is 3.46. The summed E-state index contributed by atoms with van der Waals surface area (Å²) in [5.41, 5.74) is 2.00. The molecule has 150 valence electrons. The lowest BCUT2D eigenvalue weighted by molar-refractivity contribution is -0.118. The van der Waals surface area contributed by atoms with Crippen LogP contribution >= 0.6 is 11.3 Å². The van der Waals surface area contributed by atoms with E-state index in [-0.39, 0.29) is 30.0 Å². The van der Waals surface area contributed by atoms with E-state index in [2.05, 4.69) is 10.9 Å². The van der Waals surface area contributed by atoms with Crippen LogP contribution in [-0.2, 0) is 21.2 Å². The van der Waals surface area contributed by atoms with E-state index >= 15 is 0 Å². The third-order valence-electron chi connectivity index (χ3n) is 4.28.